The highest BCUT2D eigenvalue weighted by Crippen LogP contribution is 2.43. The van der Waals surface area contributed by atoms with Gasteiger partial charge in [-0.15, -0.1) is 0 Å². The van der Waals surface area contributed by atoms with E-state index in [0.29, 0.717) is 5.75 Å². The second-order valence-electron chi connectivity index (χ2n) is 8.72. The highest BCUT2D eigenvalue weighted by molar-refractivity contribution is 5.75. The Labute approximate surface area is 147 Å². The summed E-state index contributed by atoms with van der Waals surface area (Å²) in [6.45, 7) is 13.8. The van der Waals surface area contributed by atoms with Crippen LogP contribution >= 0.6 is 0 Å². The SMILES string of the molecule is CCCc1c(C(C)(C)CC(C)(C)C)ccc(O)c1-c1ccccc1. The van der Waals surface area contributed by atoms with Crippen LogP contribution in [0.3, 0.4) is 0 Å². The van der Waals surface area contributed by atoms with E-state index in [1.54, 1.807) is 0 Å². The Hall–Kier alpha value is -1.76. The Morgan fingerprint density at radius 3 is 2.04 bits per heavy atom. The summed E-state index contributed by atoms with van der Waals surface area (Å²) in [5.74, 6) is 0.389. The van der Waals surface area contributed by atoms with Crippen LogP contribution in [0.15, 0.2) is 42.5 Å². The monoisotopic (exact) mass is 324 g/mol. The van der Waals surface area contributed by atoms with E-state index in [1.165, 1.54) is 11.1 Å². The first kappa shape index (κ1) is 18.6. The van der Waals surface area contributed by atoms with Crippen LogP contribution in [0.5, 0.6) is 5.75 Å². The van der Waals surface area contributed by atoms with Gasteiger partial charge in [0.1, 0.15) is 5.75 Å². The molecular formula is C23H32O. The minimum atomic E-state index is 0.0694. The molecule has 0 fully saturated rings. The molecule has 0 heterocycles. The number of phenols is 1. The largest absolute Gasteiger partial charge is 0.507 e. The van der Waals surface area contributed by atoms with E-state index in [1.807, 2.05) is 24.3 Å². The number of benzene rings is 2. The third-order valence-electron chi connectivity index (χ3n) is 4.55. The van der Waals surface area contributed by atoms with Gasteiger partial charge < -0.3 is 5.11 Å². The van der Waals surface area contributed by atoms with Crippen molar-refractivity contribution in [3.63, 3.8) is 0 Å². The lowest BCUT2D eigenvalue weighted by Crippen LogP contribution is -2.26. The lowest BCUT2D eigenvalue weighted by Gasteiger charge is -2.35. The average molecular weight is 325 g/mol. The van der Waals surface area contributed by atoms with Crippen molar-refractivity contribution in [2.45, 2.75) is 66.2 Å². The minimum Gasteiger partial charge on any atom is -0.507 e. The zero-order valence-corrected chi connectivity index (χ0v) is 16.1. The highest BCUT2D eigenvalue weighted by Gasteiger charge is 2.30. The van der Waals surface area contributed by atoms with Crippen molar-refractivity contribution < 1.29 is 5.11 Å². The van der Waals surface area contributed by atoms with Gasteiger partial charge >= 0.3 is 0 Å². The van der Waals surface area contributed by atoms with E-state index in [2.05, 4.69) is 59.7 Å². The van der Waals surface area contributed by atoms with Crippen LogP contribution in [0.25, 0.3) is 11.1 Å². The van der Waals surface area contributed by atoms with E-state index in [9.17, 15) is 5.11 Å². The normalized spacial score (nSPS) is 12.4. The summed E-state index contributed by atoms with van der Waals surface area (Å²) in [5, 5.41) is 10.6. The maximum atomic E-state index is 10.6. The van der Waals surface area contributed by atoms with E-state index in [4.69, 9.17) is 0 Å². The summed E-state index contributed by atoms with van der Waals surface area (Å²) in [4.78, 5) is 0. The Morgan fingerprint density at radius 1 is 0.875 bits per heavy atom. The first-order valence-corrected chi connectivity index (χ1v) is 9.06. The number of rotatable bonds is 5. The highest BCUT2D eigenvalue weighted by atomic mass is 16.3. The molecule has 0 aliphatic rings. The average Bonchev–Trinajstić information content (AvgIpc) is 2.46. The van der Waals surface area contributed by atoms with Crippen molar-refractivity contribution in [2.75, 3.05) is 0 Å². The van der Waals surface area contributed by atoms with Gasteiger partial charge in [-0.3, -0.25) is 0 Å². The molecule has 0 aliphatic carbocycles. The third-order valence-corrected chi connectivity index (χ3v) is 4.55. The minimum absolute atomic E-state index is 0.0694. The fraction of sp³-hybridized carbons (Fsp3) is 0.478. The topological polar surface area (TPSA) is 20.2 Å². The molecule has 0 bridgehead atoms. The van der Waals surface area contributed by atoms with Crippen molar-refractivity contribution in [2.24, 2.45) is 5.41 Å². The molecule has 24 heavy (non-hydrogen) atoms. The molecule has 0 spiro atoms. The molecule has 1 N–H and O–H groups in total. The molecule has 1 nitrogen and oxygen atoms in total. The fourth-order valence-corrected chi connectivity index (χ4v) is 4.13. The zero-order chi connectivity index (χ0) is 18.0. The van der Waals surface area contributed by atoms with Crippen LogP contribution in [0, 0.1) is 5.41 Å². The fourth-order valence-electron chi connectivity index (χ4n) is 4.13. The van der Waals surface area contributed by atoms with E-state index >= 15 is 0 Å². The standard InChI is InChI=1S/C23H32O/c1-7-11-18-19(23(5,6)16-22(2,3)4)14-15-20(24)21(18)17-12-9-8-10-13-17/h8-10,12-15,24H,7,11,16H2,1-6H3. The zero-order valence-electron chi connectivity index (χ0n) is 16.1. The Balaban J connectivity index is 2.66. The van der Waals surface area contributed by atoms with Gasteiger partial charge in [0.05, 0.1) is 0 Å². The molecule has 2 rings (SSSR count). The van der Waals surface area contributed by atoms with Gasteiger partial charge in [0.25, 0.3) is 0 Å². The molecule has 1 heteroatoms. The first-order valence-electron chi connectivity index (χ1n) is 9.06. The molecule has 2 aromatic rings. The molecular weight excluding hydrogens is 292 g/mol. The summed E-state index contributed by atoms with van der Waals surface area (Å²) < 4.78 is 0. The van der Waals surface area contributed by atoms with Gasteiger partial charge in [-0.1, -0.05) is 84.4 Å². The third kappa shape index (κ3) is 4.20. The van der Waals surface area contributed by atoms with E-state index in [-0.39, 0.29) is 10.8 Å². The van der Waals surface area contributed by atoms with Gasteiger partial charge in [-0.05, 0) is 46.4 Å². The maximum Gasteiger partial charge on any atom is 0.123 e. The summed E-state index contributed by atoms with van der Waals surface area (Å²) >= 11 is 0. The van der Waals surface area contributed by atoms with E-state index in [0.717, 1.165) is 30.4 Å². The van der Waals surface area contributed by atoms with Gasteiger partial charge in [0, 0.05) is 5.56 Å². The van der Waals surface area contributed by atoms with Gasteiger partial charge in [0.2, 0.25) is 0 Å². The maximum absolute atomic E-state index is 10.6. The predicted octanol–water partition coefficient (Wildman–Crippen LogP) is 6.73. The molecule has 0 saturated carbocycles. The Kier molecular flexibility index (Phi) is 5.42. The smallest absolute Gasteiger partial charge is 0.123 e. The number of hydrogen-bond acceptors (Lipinski definition) is 1. The van der Waals surface area contributed by atoms with Crippen molar-refractivity contribution in [1.82, 2.24) is 0 Å². The molecule has 2 aromatic carbocycles. The van der Waals surface area contributed by atoms with Crippen molar-refractivity contribution in [3.8, 4) is 16.9 Å². The summed E-state index contributed by atoms with van der Waals surface area (Å²) in [5.41, 5.74) is 5.12. The molecule has 0 unspecified atom stereocenters. The van der Waals surface area contributed by atoms with Gasteiger partial charge in [-0.25, -0.2) is 0 Å². The predicted molar refractivity (Wildman–Crippen MR) is 105 cm³/mol. The molecule has 130 valence electrons. The summed E-state index contributed by atoms with van der Waals surface area (Å²) in [7, 11) is 0. The Morgan fingerprint density at radius 2 is 1.50 bits per heavy atom. The summed E-state index contributed by atoms with van der Waals surface area (Å²) in [6, 6.07) is 14.3. The van der Waals surface area contributed by atoms with Crippen LogP contribution in [0.1, 0.15) is 65.5 Å². The quantitative estimate of drug-likeness (QED) is 0.646. The van der Waals surface area contributed by atoms with Crippen LogP contribution in [0.2, 0.25) is 0 Å². The second kappa shape index (κ2) is 7.01. The Bertz CT molecular complexity index is 675. The van der Waals surface area contributed by atoms with Gasteiger partial charge in [0.15, 0.2) is 0 Å². The van der Waals surface area contributed by atoms with Crippen LogP contribution in [0.4, 0.5) is 0 Å². The lowest BCUT2D eigenvalue weighted by atomic mass is 9.69. The molecule has 0 aliphatic heterocycles. The number of hydrogen-bond donors (Lipinski definition) is 1. The van der Waals surface area contributed by atoms with Gasteiger partial charge in [-0.2, -0.15) is 0 Å². The van der Waals surface area contributed by atoms with Crippen molar-refractivity contribution in [1.29, 1.82) is 0 Å². The molecule has 0 saturated heterocycles. The van der Waals surface area contributed by atoms with E-state index < -0.39 is 0 Å². The number of phenolic OH excluding ortho intramolecular Hbond substituents is 1. The van der Waals surface area contributed by atoms with Crippen molar-refractivity contribution >= 4 is 0 Å². The lowest BCUT2D eigenvalue weighted by molar-refractivity contribution is 0.283. The first-order chi connectivity index (χ1) is 11.2. The van der Waals surface area contributed by atoms with Crippen LogP contribution in [-0.2, 0) is 11.8 Å². The summed E-state index contributed by atoms with van der Waals surface area (Å²) in [6.07, 6.45) is 3.17. The molecule has 0 radical (unpaired) electrons. The van der Waals surface area contributed by atoms with Crippen molar-refractivity contribution in [3.05, 3.63) is 53.6 Å². The van der Waals surface area contributed by atoms with Crippen LogP contribution in [-0.4, -0.2) is 5.11 Å². The number of aromatic hydroxyl groups is 1. The molecule has 0 aromatic heterocycles. The molecule has 0 atom stereocenters. The second-order valence-corrected chi connectivity index (χ2v) is 8.72. The molecule has 0 amide bonds. The van der Waals surface area contributed by atoms with Crippen LogP contribution < -0.4 is 0 Å².